The van der Waals surface area contributed by atoms with Gasteiger partial charge in [0.05, 0.1) is 16.8 Å². The van der Waals surface area contributed by atoms with Crippen LogP contribution in [-0.2, 0) is 28.4 Å². The molecule has 0 aliphatic rings. The highest BCUT2D eigenvalue weighted by atomic mass is 32.2. The molecule has 0 radical (unpaired) electrons. The summed E-state index contributed by atoms with van der Waals surface area (Å²) < 4.78 is 29.0. The van der Waals surface area contributed by atoms with Crippen molar-refractivity contribution >= 4 is 27.0 Å². The minimum atomic E-state index is -3.66. The van der Waals surface area contributed by atoms with Gasteiger partial charge in [0.2, 0.25) is 10.0 Å². The van der Waals surface area contributed by atoms with Gasteiger partial charge in [0.15, 0.2) is 0 Å². The Morgan fingerprint density at radius 3 is 2.33 bits per heavy atom. The van der Waals surface area contributed by atoms with E-state index in [0.29, 0.717) is 5.52 Å². The number of fused-ring (bicyclic) bond motifs is 1. The molecule has 0 amide bonds. The molecule has 8 nitrogen and oxygen atoms in total. The van der Waals surface area contributed by atoms with Crippen LogP contribution in [0.15, 0.2) is 71.6 Å². The number of carboxylic acid groups (broad SMARTS) is 1. The molecule has 0 fully saturated rings. The number of hydrogen-bond donors (Lipinski definition) is 1. The van der Waals surface area contributed by atoms with Crippen molar-refractivity contribution in [3.05, 3.63) is 89.0 Å². The van der Waals surface area contributed by atoms with E-state index < -0.39 is 21.9 Å². The Labute approximate surface area is 212 Å². The van der Waals surface area contributed by atoms with Crippen LogP contribution in [0.1, 0.15) is 48.4 Å². The molecule has 0 bridgehead atoms. The number of aliphatic carboxylic acids is 1. The highest BCUT2D eigenvalue weighted by molar-refractivity contribution is 7.89. The summed E-state index contributed by atoms with van der Waals surface area (Å²) in [5, 5.41) is 17.8. The molecule has 0 aliphatic heterocycles. The molecule has 1 heterocycles. The van der Waals surface area contributed by atoms with Crippen molar-refractivity contribution in [1.29, 1.82) is 0 Å². The van der Waals surface area contributed by atoms with Crippen molar-refractivity contribution in [1.82, 2.24) is 19.3 Å². The van der Waals surface area contributed by atoms with Gasteiger partial charge in [-0.2, -0.15) is 4.31 Å². The lowest BCUT2D eigenvalue weighted by Gasteiger charge is -2.21. The summed E-state index contributed by atoms with van der Waals surface area (Å²) in [5.74, 6) is -1.34. The normalized spacial score (nSPS) is 12.3. The molecule has 0 saturated carbocycles. The van der Waals surface area contributed by atoms with Gasteiger partial charge in [0.25, 0.3) is 0 Å². The average Bonchev–Trinajstić information content (AvgIpc) is 3.25. The van der Waals surface area contributed by atoms with Gasteiger partial charge in [-0.25, -0.2) is 13.1 Å². The van der Waals surface area contributed by atoms with Crippen LogP contribution in [0.3, 0.4) is 0 Å². The van der Waals surface area contributed by atoms with Gasteiger partial charge >= 0.3 is 5.97 Å². The Morgan fingerprint density at radius 1 is 1.03 bits per heavy atom. The Morgan fingerprint density at radius 2 is 1.67 bits per heavy atom. The number of carboxylic acids is 1. The third-order valence-electron chi connectivity index (χ3n) is 6.04. The second-order valence-electron chi connectivity index (χ2n) is 8.37. The molecule has 3 aromatic carbocycles. The van der Waals surface area contributed by atoms with E-state index in [1.807, 2.05) is 57.2 Å². The number of aryl methyl sites for hydroxylation is 2. The topological polar surface area (TPSA) is 105 Å². The van der Waals surface area contributed by atoms with Crippen LogP contribution < -0.4 is 0 Å². The molecule has 1 aromatic heterocycles. The van der Waals surface area contributed by atoms with E-state index in [0.717, 1.165) is 27.8 Å². The number of benzene rings is 3. The first-order valence-electron chi connectivity index (χ1n) is 11.8. The molecule has 0 saturated heterocycles. The predicted octanol–water partition coefficient (Wildman–Crippen LogP) is 4.73. The minimum Gasteiger partial charge on any atom is -0.481 e. The first-order valence-corrected chi connectivity index (χ1v) is 13.2. The first kappa shape index (κ1) is 27.0. The van der Waals surface area contributed by atoms with Crippen LogP contribution in [0.2, 0.25) is 0 Å². The first-order chi connectivity index (χ1) is 17.2. The molecule has 1 N–H and O–H groups in total. The lowest BCUT2D eigenvalue weighted by Crippen LogP contribution is -2.27. The summed E-state index contributed by atoms with van der Waals surface area (Å²) in [6, 6.07) is 19.6. The van der Waals surface area contributed by atoms with Gasteiger partial charge in [-0.05, 0) is 53.4 Å². The lowest BCUT2D eigenvalue weighted by molar-refractivity contribution is -0.137. The van der Waals surface area contributed by atoms with E-state index in [2.05, 4.69) is 10.3 Å². The molecule has 9 heteroatoms. The van der Waals surface area contributed by atoms with E-state index >= 15 is 0 Å². The SMILES string of the molecule is CC.Cc1ccc(C(CC(=O)O)c2ccc3c(c2)nnn3C)cc1CN(C)S(=O)(=O)c1ccccc1. The largest absolute Gasteiger partial charge is 0.481 e. The maximum absolute atomic E-state index is 13.0. The standard InChI is InChI=1S/C25H26N4O4S.C2H6/c1-17-9-10-18(13-20(17)16-28(2)34(32,33)21-7-5-4-6-8-21)22(15-25(30)31)19-11-12-24-23(14-19)26-27-29(24)3;1-2/h4-14,22H,15-16H2,1-3H3,(H,30,31);1-2H3. The van der Waals surface area contributed by atoms with Crippen molar-refractivity contribution in [2.45, 2.75) is 44.6 Å². The quantitative estimate of drug-likeness (QED) is 0.369. The maximum Gasteiger partial charge on any atom is 0.304 e. The smallest absolute Gasteiger partial charge is 0.304 e. The van der Waals surface area contributed by atoms with Gasteiger partial charge in [-0.15, -0.1) is 5.10 Å². The molecule has 1 unspecified atom stereocenters. The van der Waals surface area contributed by atoms with E-state index in [1.165, 1.54) is 4.31 Å². The average molecular weight is 509 g/mol. The third-order valence-corrected chi connectivity index (χ3v) is 7.85. The molecular formula is C27H32N4O4S. The van der Waals surface area contributed by atoms with Gasteiger partial charge < -0.3 is 5.11 Å². The number of aromatic nitrogens is 3. The molecule has 190 valence electrons. The van der Waals surface area contributed by atoms with Crippen LogP contribution in [0.25, 0.3) is 11.0 Å². The van der Waals surface area contributed by atoms with Gasteiger partial charge in [-0.3, -0.25) is 4.79 Å². The summed E-state index contributed by atoms with van der Waals surface area (Å²) in [6.45, 7) is 6.08. The Bertz CT molecular complexity index is 1450. The highest BCUT2D eigenvalue weighted by Crippen LogP contribution is 2.32. The van der Waals surface area contributed by atoms with Gasteiger partial charge in [0.1, 0.15) is 5.52 Å². The predicted molar refractivity (Wildman–Crippen MR) is 140 cm³/mol. The number of rotatable bonds is 8. The Balaban J connectivity index is 0.00000176. The van der Waals surface area contributed by atoms with Crippen molar-refractivity contribution in [3.8, 4) is 0 Å². The molecule has 4 rings (SSSR count). The van der Waals surface area contributed by atoms with Crippen LogP contribution in [-0.4, -0.2) is 45.8 Å². The van der Waals surface area contributed by atoms with Crippen LogP contribution in [0, 0.1) is 6.92 Å². The molecule has 4 aromatic rings. The number of sulfonamides is 1. The van der Waals surface area contributed by atoms with Crippen molar-refractivity contribution in [2.75, 3.05) is 7.05 Å². The summed E-state index contributed by atoms with van der Waals surface area (Å²) in [6.07, 6.45) is -0.105. The van der Waals surface area contributed by atoms with Crippen LogP contribution in [0.5, 0.6) is 0 Å². The minimum absolute atomic E-state index is 0.105. The Kier molecular flexibility index (Phi) is 8.60. The monoisotopic (exact) mass is 508 g/mol. The fourth-order valence-corrected chi connectivity index (χ4v) is 5.22. The van der Waals surface area contributed by atoms with Crippen molar-refractivity contribution in [3.63, 3.8) is 0 Å². The van der Waals surface area contributed by atoms with Crippen molar-refractivity contribution in [2.24, 2.45) is 7.05 Å². The van der Waals surface area contributed by atoms with Crippen LogP contribution >= 0.6 is 0 Å². The zero-order valence-electron chi connectivity index (χ0n) is 21.2. The molecule has 0 aliphatic carbocycles. The zero-order chi connectivity index (χ0) is 26.5. The van der Waals surface area contributed by atoms with E-state index in [-0.39, 0.29) is 17.9 Å². The Hall–Kier alpha value is -3.56. The molecule has 0 spiro atoms. The number of carbonyl (C=O) groups is 1. The summed E-state index contributed by atoms with van der Waals surface area (Å²) in [7, 11) is -0.310. The van der Waals surface area contributed by atoms with E-state index in [9.17, 15) is 18.3 Å². The fourth-order valence-electron chi connectivity index (χ4n) is 4.05. The third kappa shape index (κ3) is 5.80. The van der Waals surface area contributed by atoms with E-state index in [4.69, 9.17) is 0 Å². The molecular weight excluding hydrogens is 476 g/mol. The second-order valence-corrected chi connectivity index (χ2v) is 10.4. The summed E-state index contributed by atoms with van der Waals surface area (Å²) in [4.78, 5) is 12.0. The lowest BCUT2D eigenvalue weighted by atomic mass is 9.86. The maximum atomic E-state index is 13.0. The fraction of sp³-hybridized carbons (Fsp3) is 0.296. The second kappa shape index (κ2) is 11.5. The van der Waals surface area contributed by atoms with E-state index in [1.54, 1.807) is 49.1 Å². The van der Waals surface area contributed by atoms with Crippen molar-refractivity contribution < 1.29 is 18.3 Å². The highest BCUT2D eigenvalue weighted by Gasteiger charge is 2.23. The zero-order valence-corrected chi connectivity index (χ0v) is 22.0. The van der Waals surface area contributed by atoms with Gasteiger partial charge in [0, 0.05) is 26.6 Å². The number of hydrogen-bond acceptors (Lipinski definition) is 5. The van der Waals surface area contributed by atoms with Crippen LogP contribution in [0.4, 0.5) is 0 Å². The molecule has 36 heavy (non-hydrogen) atoms. The summed E-state index contributed by atoms with van der Waals surface area (Å²) >= 11 is 0. The molecule has 1 atom stereocenters. The number of nitrogens with zero attached hydrogens (tertiary/aromatic N) is 4. The van der Waals surface area contributed by atoms with Gasteiger partial charge in [-0.1, -0.05) is 61.5 Å². The summed E-state index contributed by atoms with van der Waals surface area (Å²) in [5.41, 5.74) is 4.91.